The number of carbonyl (C=O) groups excluding carboxylic acids is 1. The Labute approximate surface area is 148 Å². The van der Waals surface area contributed by atoms with E-state index in [1.165, 1.54) is 0 Å². The molecule has 1 atom stereocenters. The number of hydrogen-bond donors (Lipinski definition) is 0. The molecule has 0 spiro atoms. The Morgan fingerprint density at radius 2 is 2.04 bits per heavy atom. The molecule has 0 bridgehead atoms. The van der Waals surface area contributed by atoms with E-state index < -0.39 is 5.60 Å². The molecule has 1 unspecified atom stereocenters. The lowest BCUT2D eigenvalue weighted by Gasteiger charge is -2.24. The number of aryl methyl sites for hydroxylation is 1. The summed E-state index contributed by atoms with van der Waals surface area (Å²) in [5, 5.41) is 0.395. The van der Waals surface area contributed by atoms with Crippen LogP contribution in [-0.4, -0.2) is 47.9 Å². The largest absolute Gasteiger partial charge is 0.488 e. The summed E-state index contributed by atoms with van der Waals surface area (Å²) in [5.41, 5.74) is 1.34. The molecule has 0 N–H and O–H groups in total. The van der Waals surface area contributed by atoms with E-state index in [4.69, 9.17) is 26.4 Å². The summed E-state index contributed by atoms with van der Waals surface area (Å²) in [5.74, 6) is 0.692. The minimum Gasteiger partial charge on any atom is -0.488 e. The number of rotatable bonds is 3. The first-order valence-corrected chi connectivity index (χ1v) is 8.44. The smallest absolute Gasteiger partial charge is 0.410 e. The van der Waals surface area contributed by atoms with Crippen LogP contribution in [0.4, 0.5) is 4.79 Å². The van der Waals surface area contributed by atoms with Crippen molar-refractivity contribution in [1.29, 1.82) is 0 Å². The number of likely N-dealkylation sites (tertiary alicyclic amines) is 1. The van der Waals surface area contributed by atoms with Gasteiger partial charge in [0.2, 0.25) is 0 Å². The number of ether oxygens (including phenoxy) is 3. The fourth-order valence-corrected chi connectivity index (χ4v) is 2.67. The molecule has 2 rings (SSSR count). The average Bonchev–Trinajstić information content (AvgIpc) is 2.93. The third-order valence-electron chi connectivity index (χ3n) is 3.63. The van der Waals surface area contributed by atoms with Crippen LogP contribution in [0.1, 0.15) is 38.3 Å². The zero-order valence-electron chi connectivity index (χ0n) is 14.9. The van der Waals surface area contributed by atoms with E-state index in [2.05, 4.69) is 0 Å². The van der Waals surface area contributed by atoms with Crippen LogP contribution >= 0.6 is 12.2 Å². The number of benzene rings is 1. The topological polar surface area (TPSA) is 48.0 Å². The molecule has 0 radical (unpaired) electrons. The molecule has 1 fully saturated rings. The first kappa shape index (κ1) is 18.5. The summed E-state index contributed by atoms with van der Waals surface area (Å²) >= 11 is 5.23. The molecule has 1 aromatic rings. The van der Waals surface area contributed by atoms with Crippen molar-refractivity contribution in [3.63, 3.8) is 0 Å². The summed E-state index contributed by atoms with van der Waals surface area (Å²) < 4.78 is 16.7. The minimum absolute atomic E-state index is 0.0854. The number of hydrogen-bond acceptors (Lipinski definition) is 5. The highest BCUT2D eigenvalue weighted by atomic mass is 32.1. The fourth-order valence-electron chi connectivity index (χ4n) is 2.50. The number of nitrogens with zero attached hydrogens (tertiary/aromatic N) is 1. The molecular formula is C18H25NO4S. The molecule has 0 saturated carbocycles. The van der Waals surface area contributed by atoms with E-state index in [1.54, 1.807) is 12.0 Å². The van der Waals surface area contributed by atoms with Crippen molar-refractivity contribution in [2.45, 2.75) is 45.8 Å². The maximum absolute atomic E-state index is 12.1. The first-order valence-electron chi connectivity index (χ1n) is 8.03. The van der Waals surface area contributed by atoms with E-state index in [-0.39, 0.29) is 12.2 Å². The van der Waals surface area contributed by atoms with Crippen LogP contribution in [0.15, 0.2) is 18.2 Å². The van der Waals surface area contributed by atoms with Gasteiger partial charge in [-0.3, -0.25) is 0 Å². The second-order valence-electron chi connectivity index (χ2n) is 6.95. The van der Waals surface area contributed by atoms with Crippen molar-refractivity contribution in [3.8, 4) is 5.75 Å². The second kappa shape index (κ2) is 7.38. The van der Waals surface area contributed by atoms with Crippen LogP contribution in [0.5, 0.6) is 5.75 Å². The van der Waals surface area contributed by atoms with E-state index in [0.717, 1.165) is 17.5 Å². The maximum atomic E-state index is 12.1. The van der Waals surface area contributed by atoms with Crippen LogP contribution in [0.25, 0.3) is 0 Å². The van der Waals surface area contributed by atoms with Gasteiger partial charge in [0.1, 0.15) is 17.5 Å². The summed E-state index contributed by atoms with van der Waals surface area (Å²) in [6, 6.07) is 5.81. The molecule has 5 nitrogen and oxygen atoms in total. The molecule has 6 heteroatoms. The van der Waals surface area contributed by atoms with E-state index >= 15 is 0 Å². The summed E-state index contributed by atoms with van der Waals surface area (Å²) in [7, 11) is 1.55. The normalized spacial score (nSPS) is 17.5. The van der Waals surface area contributed by atoms with Gasteiger partial charge in [-0.05, 0) is 57.6 Å². The molecule has 132 valence electrons. The molecule has 1 saturated heterocycles. The zero-order chi connectivity index (χ0) is 17.9. The van der Waals surface area contributed by atoms with Gasteiger partial charge in [-0.15, -0.1) is 0 Å². The number of carbonyl (C=O) groups is 1. The Kier molecular flexibility index (Phi) is 5.70. The minimum atomic E-state index is -0.496. The highest BCUT2D eigenvalue weighted by Gasteiger charge is 2.31. The molecule has 1 aliphatic heterocycles. The molecular weight excluding hydrogens is 326 g/mol. The van der Waals surface area contributed by atoms with Gasteiger partial charge in [-0.2, -0.15) is 0 Å². The maximum Gasteiger partial charge on any atom is 0.410 e. The van der Waals surface area contributed by atoms with E-state index in [0.29, 0.717) is 23.9 Å². The fraction of sp³-hybridized carbons (Fsp3) is 0.556. The number of amides is 1. The zero-order valence-corrected chi connectivity index (χ0v) is 15.7. The molecule has 1 amide bonds. The van der Waals surface area contributed by atoms with Gasteiger partial charge in [-0.1, -0.05) is 6.07 Å². The van der Waals surface area contributed by atoms with Crippen molar-refractivity contribution in [1.82, 2.24) is 4.90 Å². The predicted octanol–water partition coefficient (Wildman–Crippen LogP) is 3.71. The molecule has 1 aromatic carbocycles. The Balaban J connectivity index is 2.04. The SMILES string of the molecule is COC(=S)c1ccc(C)cc1OC1CCN(C(=O)OC(C)(C)C)C1. The van der Waals surface area contributed by atoms with Gasteiger partial charge in [0.05, 0.1) is 19.2 Å². The van der Waals surface area contributed by atoms with Gasteiger partial charge in [0.15, 0.2) is 5.05 Å². The lowest BCUT2D eigenvalue weighted by atomic mass is 10.1. The van der Waals surface area contributed by atoms with Crippen LogP contribution in [0, 0.1) is 6.92 Å². The lowest BCUT2D eigenvalue weighted by Crippen LogP contribution is -2.36. The molecule has 0 aliphatic carbocycles. The Morgan fingerprint density at radius 3 is 2.67 bits per heavy atom. The van der Waals surface area contributed by atoms with Crippen molar-refractivity contribution >= 4 is 23.4 Å². The van der Waals surface area contributed by atoms with Crippen molar-refractivity contribution in [3.05, 3.63) is 29.3 Å². The second-order valence-corrected chi connectivity index (χ2v) is 7.32. The van der Waals surface area contributed by atoms with Crippen LogP contribution in [-0.2, 0) is 9.47 Å². The van der Waals surface area contributed by atoms with Crippen LogP contribution in [0.3, 0.4) is 0 Å². The van der Waals surface area contributed by atoms with Crippen molar-refractivity contribution in [2.75, 3.05) is 20.2 Å². The van der Waals surface area contributed by atoms with Crippen molar-refractivity contribution < 1.29 is 19.0 Å². The standard InChI is InChI=1S/C18H25NO4S/c1-12-6-7-14(16(24)21-5)15(10-12)22-13-8-9-19(11-13)17(20)23-18(2,3)4/h6-7,10,13H,8-9,11H2,1-5H3. The number of thiocarbonyl (C=S) groups is 1. The number of methoxy groups -OCH3 is 1. The Hall–Kier alpha value is -1.82. The molecule has 1 heterocycles. The van der Waals surface area contributed by atoms with Crippen LogP contribution < -0.4 is 4.74 Å². The van der Waals surface area contributed by atoms with E-state index in [1.807, 2.05) is 45.9 Å². The highest BCUT2D eigenvalue weighted by molar-refractivity contribution is 7.80. The van der Waals surface area contributed by atoms with Crippen LogP contribution in [0.2, 0.25) is 0 Å². The third kappa shape index (κ3) is 4.84. The Morgan fingerprint density at radius 1 is 1.33 bits per heavy atom. The van der Waals surface area contributed by atoms with Crippen molar-refractivity contribution in [2.24, 2.45) is 0 Å². The Bertz CT molecular complexity index is 624. The molecule has 24 heavy (non-hydrogen) atoms. The van der Waals surface area contributed by atoms with Gasteiger partial charge in [0.25, 0.3) is 0 Å². The van der Waals surface area contributed by atoms with Gasteiger partial charge < -0.3 is 19.1 Å². The lowest BCUT2D eigenvalue weighted by molar-refractivity contribution is 0.0275. The third-order valence-corrected chi connectivity index (χ3v) is 4.02. The monoisotopic (exact) mass is 351 g/mol. The summed E-state index contributed by atoms with van der Waals surface area (Å²) in [6.07, 6.45) is 0.370. The quantitative estimate of drug-likeness (QED) is 0.777. The van der Waals surface area contributed by atoms with Gasteiger partial charge in [-0.25, -0.2) is 4.79 Å². The highest BCUT2D eigenvalue weighted by Crippen LogP contribution is 2.26. The molecule has 1 aliphatic rings. The predicted molar refractivity (Wildman–Crippen MR) is 96.7 cm³/mol. The van der Waals surface area contributed by atoms with Gasteiger partial charge in [0, 0.05) is 13.0 Å². The summed E-state index contributed by atoms with van der Waals surface area (Å²) in [4.78, 5) is 13.8. The van der Waals surface area contributed by atoms with E-state index in [9.17, 15) is 4.79 Å². The van der Waals surface area contributed by atoms with Gasteiger partial charge >= 0.3 is 6.09 Å². The summed E-state index contributed by atoms with van der Waals surface area (Å²) in [6.45, 7) is 8.70. The molecule has 0 aromatic heterocycles. The average molecular weight is 351 g/mol. The first-order chi connectivity index (χ1) is 11.2.